The largest absolute Gasteiger partial charge is 0.365 e. The molecule has 2 aliphatic heterocycles. The predicted molar refractivity (Wildman–Crippen MR) is 170 cm³/mol. The Morgan fingerprint density at radius 3 is 2.50 bits per heavy atom. The highest BCUT2D eigenvalue weighted by molar-refractivity contribution is 5.95. The number of nitriles is 1. The van der Waals surface area contributed by atoms with Gasteiger partial charge in [0.1, 0.15) is 11.9 Å². The molecule has 1 N–H and O–H groups in total. The average Bonchev–Trinajstić information content (AvgIpc) is 3.01. The van der Waals surface area contributed by atoms with Crippen LogP contribution in [0, 0.1) is 17.2 Å². The van der Waals surface area contributed by atoms with Crippen LogP contribution in [0.25, 0.3) is 10.9 Å². The van der Waals surface area contributed by atoms with Gasteiger partial charge >= 0.3 is 6.03 Å². The van der Waals surface area contributed by atoms with E-state index in [1.54, 1.807) is 12.4 Å². The van der Waals surface area contributed by atoms with Gasteiger partial charge in [0.15, 0.2) is 0 Å². The molecule has 2 saturated heterocycles. The van der Waals surface area contributed by atoms with E-state index in [-0.39, 0.29) is 12.1 Å². The van der Waals surface area contributed by atoms with Crippen molar-refractivity contribution in [3.63, 3.8) is 0 Å². The zero-order valence-corrected chi connectivity index (χ0v) is 25.3. The number of pyridine rings is 2. The van der Waals surface area contributed by atoms with Crippen molar-refractivity contribution in [3.05, 3.63) is 54.4 Å². The number of carbonyl (C=O) groups is 1. The zero-order chi connectivity index (χ0) is 29.5. The van der Waals surface area contributed by atoms with Gasteiger partial charge in [0.25, 0.3) is 0 Å². The number of fused-ring (bicyclic) bond motifs is 1. The summed E-state index contributed by atoms with van der Waals surface area (Å²) < 4.78 is 0. The number of urea groups is 1. The third kappa shape index (κ3) is 6.76. The van der Waals surface area contributed by atoms with E-state index in [0.717, 1.165) is 41.4 Å². The molecule has 1 unspecified atom stereocenters. The molecule has 42 heavy (non-hydrogen) atoms. The molecule has 0 aliphatic carbocycles. The van der Waals surface area contributed by atoms with E-state index in [1.165, 1.54) is 45.3 Å². The van der Waals surface area contributed by atoms with Crippen molar-refractivity contribution in [2.24, 2.45) is 5.92 Å². The van der Waals surface area contributed by atoms with E-state index in [1.807, 2.05) is 41.3 Å². The molecule has 5 rings (SSSR count). The molecule has 0 bridgehead atoms. The molecule has 2 aliphatic rings. The Morgan fingerprint density at radius 1 is 1.05 bits per heavy atom. The maximum absolute atomic E-state index is 13.2. The van der Waals surface area contributed by atoms with E-state index in [9.17, 15) is 10.1 Å². The topological polar surface area (TPSA) is 91.6 Å². The molecule has 0 saturated carbocycles. The van der Waals surface area contributed by atoms with Gasteiger partial charge in [0.05, 0.1) is 23.0 Å². The molecule has 0 radical (unpaired) electrons. The monoisotopic (exact) mass is 568 g/mol. The second-order valence-electron chi connectivity index (χ2n) is 11.7. The number of benzene rings is 1. The van der Waals surface area contributed by atoms with Crippen LogP contribution in [0.2, 0.25) is 0 Å². The SMILES string of the molecule is CCCN(CCC)CC1CCN(c2ccc(NC(=O)N3CCN(c4ccc(C#N)c5ncccc45)C(C)C3)cn2)CC1. The number of aromatic nitrogens is 2. The average molecular weight is 569 g/mol. The normalized spacial score (nSPS) is 18.0. The fourth-order valence-corrected chi connectivity index (χ4v) is 6.48. The first-order valence-electron chi connectivity index (χ1n) is 15.5. The number of nitrogens with one attached hydrogen (secondary N) is 1. The van der Waals surface area contributed by atoms with Crippen LogP contribution in [-0.2, 0) is 0 Å². The van der Waals surface area contributed by atoms with E-state index in [2.05, 4.69) is 51.8 Å². The summed E-state index contributed by atoms with van der Waals surface area (Å²) in [7, 11) is 0. The summed E-state index contributed by atoms with van der Waals surface area (Å²) in [6.07, 6.45) is 8.33. The van der Waals surface area contributed by atoms with Gasteiger partial charge in [-0.25, -0.2) is 9.78 Å². The lowest BCUT2D eigenvalue weighted by Crippen LogP contribution is -2.54. The molecule has 222 valence electrons. The maximum Gasteiger partial charge on any atom is 0.322 e. The number of rotatable bonds is 9. The van der Waals surface area contributed by atoms with Gasteiger partial charge in [-0.2, -0.15) is 5.26 Å². The van der Waals surface area contributed by atoms with Crippen molar-refractivity contribution in [3.8, 4) is 6.07 Å². The van der Waals surface area contributed by atoms with Crippen LogP contribution < -0.4 is 15.1 Å². The molecule has 0 spiro atoms. The molecule has 1 aromatic carbocycles. The van der Waals surface area contributed by atoms with E-state index in [4.69, 9.17) is 4.98 Å². The minimum absolute atomic E-state index is 0.105. The van der Waals surface area contributed by atoms with E-state index >= 15 is 0 Å². The van der Waals surface area contributed by atoms with Gasteiger partial charge in [-0.05, 0) is 88.0 Å². The van der Waals surface area contributed by atoms with Crippen LogP contribution in [0.3, 0.4) is 0 Å². The predicted octanol–water partition coefficient (Wildman–Crippen LogP) is 5.58. The standard InChI is InChI=1S/C33H44N8O/c1-4-15-38(16-5-2)24-26-12-17-39(18-13-26)31-11-9-28(22-36-31)37-33(42)40-19-20-41(25(3)23-40)30-10-8-27(21-34)32-29(30)7-6-14-35-32/h6-11,14,22,25-26H,4-5,12-13,15-20,23-24H2,1-3H3,(H,37,42). The lowest BCUT2D eigenvalue weighted by molar-refractivity contribution is 0.200. The minimum Gasteiger partial charge on any atom is -0.365 e. The van der Waals surface area contributed by atoms with Crippen molar-refractivity contribution in [2.75, 3.05) is 67.5 Å². The molecule has 2 amide bonds. The quantitative estimate of drug-likeness (QED) is 0.360. The second-order valence-corrected chi connectivity index (χ2v) is 11.7. The Morgan fingerprint density at radius 2 is 1.83 bits per heavy atom. The highest BCUT2D eigenvalue weighted by Crippen LogP contribution is 2.31. The molecule has 9 nitrogen and oxygen atoms in total. The van der Waals surface area contributed by atoms with Crippen LogP contribution >= 0.6 is 0 Å². The van der Waals surface area contributed by atoms with E-state index < -0.39 is 0 Å². The Kier molecular flexibility index (Phi) is 9.75. The Bertz CT molecular complexity index is 1370. The highest BCUT2D eigenvalue weighted by atomic mass is 16.2. The van der Waals surface area contributed by atoms with Gasteiger partial charge < -0.3 is 24.9 Å². The van der Waals surface area contributed by atoms with Crippen molar-refractivity contribution < 1.29 is 4.79 Å². The van der Waals surface area contributed by atoms with Crippen molar-refractivity contribution in [1.82, 2.24) is 19.8 Å². The van der Waals surface area contributed by atoms with Crippen LogP contribution in [0.5, 0.6) is 0 Å². The zero-order valence-electron chi connectivity index (χ0n) is 25.3. The summed E-state index contributed by atoms with van der Waals surface area (Å²) in [5.41, 5.74) is 3.06. The Labute approximate surface area is 250 Å². The highest BCUT2D eigenvalue weighted by Gasteiger charge is 2.28. The van der Waals surface area contributed by atoms with Crippen LogP contribution in [0.1, 0.15) is 52.0 Å². The number of amides is 2. The van der Waals surface area contributed by atoms with Crippen molar-refractivity contribution >= 4 is 34.1 Å². The first-order valence-corrected chi connectivity index (χ1v) is 15.5. The third-order valence-corrected chi connectivity index (χ3v) is 8.62. The second kappa shape index (κ2) is 13.8. The number of carbonyl (C=O) groups excluding carboxylic acids is 1. The van der Waals surface area contributed by atoms with Gasteiger partial charge in [-0.1, -0.05) is 13.8 Å². The minimum atomic E-state index is -0.105. The van der Waals surface area contributed by atoms with Gasteiger partial charge in [0.2, 0.25) is 0 Å². The maximum atomic E-state index is 13.2. The van der Waals surface area contributed by atoms with Crippen molar-refractivity contribution in [2.45, 2.75) is 52.5 Å². The lowest BCUT2D eigenvalue weighted by atomic mass is 9.96. The number of hydrogen-bond acceptors (Lipinski definition) is 7. The molecular weight excluding hydrogens is 524 g/mol. The van der Waals surface area contributed by atoms with Crippen LogP contribution in [0.15, 0.2) is 48.8 Å². The first-order chi connectivity index (χ1) is 20.5. The molecule has 2 fully saturated rings. The van der Waals surface area contributed by atoms with Gasteiger partial charge in [-0.15, -0.1) is 0 Å². The molecule has 4 heterocycles. The van der Waals surface area contributed by atoms with Crippen LogP contribution in [-0.4, -0.2) is 84.2 Å². The smallest absolute Gasteiger partial charge is 0.322 e. The number of piperazine rings is 1. The molecule has 2 aromatic heterocycles. The third-order valence-electron chi connectivity index (χ3n) is 8.62. The molecule has 1 atom stereocenters. The van der Waals surface area contributed by atoms with Gasteiger partial charge in [-0.3, -0.25) is 4.98 Å². The first kappa shape index (κ1) is 29.6. The fraction of sp³-hybridized carbons (Fsp3) is 0.515. The summed E-state index contributed by atoms with van der Waals surface area (Å²) in [4.78, 5) is 31.5. The summed E-state index contributed by atoms with van der Waals surface area (Å²) in [6, 6.07) is 14.0. The number of hydrogen-bond donors (Lipinski definition) is 1. The summed E-state index contributed by atoms with van der Waals surface area (Å²) in [5, 5.41) is 13.5. The lowest BCUT2D eigenvalue weighted by Gasteiger charge is -2.41. The number of nitrogens with zero attached hydrogens (tertiary/aromatic N) is 7. The fourth-order valence-electron chi connectivity index (χ4n) is 6.48. The van der Waals surface area contributed by atoms with E-state index in [0.29, 0.717) is 30.9 Å². The molecule has 3 aromatic rings. The number of anilines is 3. The number of piperidine rings is 1. The van der Waals surface area contributed by atoms with Crippen molar-refractivity contribution in [1.29, 1.82) is 5.26 Å². The molecular formula is C33H44N8O. The summed E-state index contributed by atoms with van der Waals surface area (Å²) in [5.74, 6) is 1.74. The molecule has 9 heteroatoms. The van der Waals surface area contributed by atoms with Crippen LogP contribution in [0.4, 0.5) is 22.0 Å². The summed E-state index contributed by atoms with van der Waals surface area (Å²) >= 11 is 0. The Balaban J connectivity index is 1.13. The van der Waals surface area contributed by atoms with Gasteiger partial charge in [0, 0.05) is 62.6 Å². The Hall–Kier alpha value is -3.90. The summed E-state index contributed by atoms with van der Waals surface area (Å²) in [6.45, 7) is 14.2.